The van der Waals surface area contributed by atoms with Crippen molar-refractivity contribution >= 4 is 29.5 Å². The topological polar surface area (TPSA) is 111 Å². The van der Waals surface area contributed by atoms with Crippen LogP contribution in [-0.4, -0.2) is 30.1 Å². The SMILES string of the molecule is C[C@@H](OC(=O)C[C@H](NC(N)=O)c1ccc(Cl)cc1)C(=O)NC1CCCC1. The number of ether oxygens (including phenoxy) is 1. The fourth-order valence-corrected chi connectivity index (χ4v) is 3.10. The average Bonchev–Trinajstić information content (AvgIpc) is 3.07. The van der Waals surface area contributed by atoms with Crippen LogP contribution >= 0.6 is 11.6 Å². The largest absolute Gasteiger partial charge is 0.452 e. The summed E-state index contributed by atoms with van der Waals surface area (Å²) in [5, 5.41) is 5.92. The summed E-state index contributed by atoms with van der Waals surface area (Å²) in [5.74, 6) is -0.913. The number of nitrogens with one attached hydrogen (secondary N) is 2. The van der Waals surface area contributed by atoms with E-state index >= 15 is 0 Å². The number of nitrogens with two attached hydrogens (primary N) is 1. The molecule has 1 aliphatic carbocycles. The quantitative estimate of drug-likeness (QED) is 0.630. The predicted octanol–water partition coefficient (Wildman–Crippen LogP) is 2.43. The van der Waals surface area contributed by atoms with Gasteiger partial charge in [0.05, 0.1) is 12.5 Å². The lowest BCUT2D eigenvalue weighted by molar-refractivity contribution is -0.155. The molecule has 0 aliphatic heterocycles. The number of rotatable bonds is 7. The van der Waals surface area contributed by atoms with Crippen LogP contribution in [0.4, 0.5) is 4.79 Å². The summed E-state index contributed by atoms with van der Waals surface area (Å²) in [6.45, 7) is 1.53. The Kier molecular flexibility index (Phi) is 7.26. The highest BCUT2D eigenvalue weighted by atomic mass is 35.5. The van der Waals surface area contributed by atoms with Crippen molar-refractivity contribution < 1.29 is 19.1 Å². The van der Waals surface area contributed by atoms with Gasteiger partial charge in [-0.15, -0.1) is 0 Å². The average molecular weight is 382 g/mol. The second-order valence-corrected chi connectivity index (χ2v) is 6.88. The van der Waals surface area contributed by atoms with Gasteiger partial charge in [0.25, 0.3) is 5.91 Å². The lowest BCUT2D eigenvalue weighted by Crippen LogP contribution is -2.41. The molecule has 4 N–H and O–H groups in total. The number of hydrogen-bond acceptors (Lipinski definition) is 4. The van der Waals surface area contributed by atoms with Crippen LogP contribution in [0.15, 0.2) is 24.3 Å². The first-order chi connectivity index (χ1) is 12.3. The second kappa shape index (κ2) is 9.43. The zero-order chi connectivity index (χ0) is 19.1. The van der Waals surface area contributed by atoms with Crippen LogP contribution in [0.3, 0.4) is 0 Å². The normalized spacial score (nSPS) is 16.5. The van der Waals surface area contributed by atoms with Crippen LogP contribution in [-0.2, 0) is 14.3 Å². The van der Waals surface area contributed by atoms with Gasteiger partial charge < -0.3 is 21.1 Å². The van der Waals surface area contributed by atoms with Gasteiger partial charge in [0.15, 0.2) is 6.10 Å². The van der Waals surface area contributed by atoms with Gasteiger partial charge in [-0.05, 0) is 37.5 Å². The molecule has 0 heterocycles. The molecule has 142 valence electrons. The van der Waals surface area contributed by atoms with E-state index in [2.05, 4.69) is 10.6 Å². The first-order valence-corrected chi connectivity index (χ1v) is 9.04. The van der Waals surface area contributed by atoms with Crippen molar-refractivity contribution in [2.45, 2.75) is 57.2 Å². The Morgan fingerprint density at radius 2 is 1.85 bits per heavy atom. The molecule has 8 heteroatoms. The van der Waals surface area contributed by atoms with Crippen LogP contribution in [0.25, 0.3) is 0 Å². The van der Waals surface area contributed by atoms with E-state index in [4.69, 9.17) is 22.1 Å². The first-order valence-electron chi connectivity index (χ1n) is 8.66. The highest BCUT2D eigenvalue weighted by Crippen LogP contribution is 2.21. The number of amides is 3. The third-order valence-electron chi connectivity index (χ3n) is 4.34. The minimum Gasteiger partial charge on any atom is -0.452 e. The molecule has 1 saturated carbocycles. The molecule has 7 nitrogen and oxygen atoms in total. The third-order valence-corrected chi connectivity index (χ3v) is 4.59. The molecular formula is C18H24ClN3O4. The number of esters is 1. The minimum absolute atomic E-state index is 0.147. The van der Waals surface area contributed by atoms with Gasteiger partial charge in [-0.2, -0.15) is 0 Å². The van der Waals surface area contributed by atoms with Gasteiger partial charge in [-0.1, -0.05) is 36.6 Å². The van der Waals surface area contributed by atoms with Gasteiger partial charge in [0.2, 0.25) is 0 Å². The van der Waals surface area contributed by atoms with E-state index < -0.39 is 24.1 Å². The van der Waals surface area contributed by atoms with E-state index in [1.165, 1.54) is 6.92 Å². The van der Waals surface area contributed by atoms with Crippen LogP contribution in [0.2, 0.25) is 5.02 Å². The van der Waals surface area contributed by atoms with Crippen molar-refractivity contribution in [2.24, 2.45) is 5.73 Å². The molecule has 2 rings (SSSR count). The molecule has 3 amide bonds. The summed E-state index contributed by atoms with van der Waals surface area (Å²) in [5.41, 5.74) is 5.85. The lowest BCUT2D eigenvalue weighted by atomic mass is 10.0. The van der Waals surface area contributed by atoms with E-state index in [1.807, 2.05) is 0 Å². The number of hydrogen-bond donors (Lipinski definition) is 3. The maximum Gasteiger partial charge on any atom is 0.312 e. The van der Waals surface area contributed by atoms with Crippen molar-refractivity contribution in [3.63, 3.8) is 0 Å². The maximum absolute atomic E-state index is 12.2. The third kappa shape index (κ3) is 6.22. The van der Waals surface area contributed by atoms with Crippen LogP contribution in [0, 0.1) is 0 Å². The van der Waals surface area contributed by atoms with Crippen molar-refractivity contribution in [1.82, 2.24) is 10.6 Å². The summed E-state index contributed by atoms with van der Waals surface area (Å²) < 4.78 is 5.21. The predicted molar refractivity (Wildman–Crippen MR) is 97.5 cm³/mol. The number of carbonyl (C=O) groups is 3. The molecule has 26 heavy (non-hydrogen) atoms. The minimum atomic E-state index is -0.900. The number of halogens is 1. The molecule has 2 atom stereocenters. The lowest BCUT2D eigenvalue weighted by Gasteiger charge is -2.20. The Bertz CT molecular complexity index is 644. The van der Waals surface area contributed by atoms with E-state index in [0.29, 0.717) is 10.6 Å². The smallest absolute Gasteiger partial charge is 0.312 e. The van der Waals surface area contributed by atoms with E-state index in [-0.39, 0.29) is 18.4 Å². The Balaban J connectivity index is 1.91. The van der Waals surface area contributed by atoms with Gasteiger partial charge in [0, 0.05) is 11.1 Å². The fourth-order valence-electron chi connectivity index (χ4n) is 2.97. The summed E-state index contributed by atoms with van der Waals surface area (Å²) in [4.78, 5) is 35.5. The molecule has 0 unspecified atom stereocenters. The van der Waals surface area contributed by atoms with Gasteiger partial charge in [-0.3, -0.25) is 9.59 Å². The summed E-state index contributed by atoms with van der Waals surface area (Å²) in [7, 11) is 0. The molecule has 0 aromatic heterocycles. The second-order valence-electron chi connectivity index (χ2n) is 6.44. The molecular weight excluding hydrogens is 358 g/mol. The molecule has 0 bridgehead atoms. The standard InChI is InChI=1S/C18H24ClN3O4/c1-11(17(24)21-14-4-2-3-5-14)26-16(23)10-15(22-18(20)25)12-6-8-13(19)9-7-12/h6-9,11,14-15H,2-5,10H2,1H3,(H,21,24)(H3,20,22,25)/t11-,15+/m1/s1. The van der Waals surface area contributed by atoms with Crippen molar-refractivity contribution in [3.05, 3.63) is 34.9 Å². The van der Waals surface area contributed by atoms with Crippen LogP contribution in [0.1, 0.15) is 50.6 Å². The van der Waals surface area contributed by atoms with Gasteiger partial charge in [-0.25, -0.2) is 4.79 Å². The van der Waals surface area contributed by atoms with E-state index in [0.717, 1.165) is 25.7 Å². The van der Waals surface area contributed by atoms with Crippen LogP contribution in [0.5, 0.6) is 0 Å². The zero-order valence-corrected chi connectivity index (χ0v) is 15.4. The highest BCUT2D eigenvalue weighted by molar-refractivity contribution is 6.30. The van der Waals surface area contributed by atoms with Crippen molar-refractivity contribution in [2.75, 3.05) is 0 Å². The molecule has 1 aromatic rings. The Morgan fingerprint density at radius 1 is 1.23 bits per heavy atom. The molecule has 0 spiro atoms. The van der Waals surface area contributed by atoms with E-state index in [1.54, 1.807) is 24.3 Å². The molecule has 0 radical (unpaired) electrons. The zero-order valence-electron chi connectivity index (χ0n) is 14.7. The number of benzene rings is 1. The summed E-state index contributed by atoms with van der Waals surface area (Å²) in [6, 6.07) is 5.40. The monoisotopic (exact) mass is 381 g/mol. The molecule has 1 aliphatic rings. The Morgan fingerprint density at radius 3 is 2.42 bits per heavy atom. The molecule has 1 fully saturated rings. The number of carbonyl (C=O) groups excluding carboxylic acids is 3. The highest BCUT2D eigenvalue weighted by Gasteiger charge is 2.25. The van der Waals surface area contributed by atoms with Crippen molar-refractivity contribution in [1.29, 1.82) is 0 Å². The molecule has 1 aromatic carbocycles. The molecule has 0 saturated heterocycles. The maximum atomic E-state index is 12.2. The van der Waals surface area contributed by atoms with Gasteiger partial charge in [0.1, 0.15) is 0 Å². The first kappa shape index (κ1) is 20.0. The Labute approximate surface area is 157 Å². The summed E-state index contributed by atoms with van der Waals surface area (Å²) >= 11 is 5.85. The van der Waals surface area contributed by atoms with E-state index in [9.17, 15) is 14.4 Å². The fraction of sp³-hybridized carbons (Fsp3) is 0.500. The number of urea groups is 1. The summed E-state index contributed by atoms with van der Waals surface area (Å²) in [6.07, 6.45) is 3.05. The van der Waals surface area contributed by atoms with Crippen molar-refractivity contribution in [3.8, 4) is 0 Å². The van der Waals surface area contributed by atoms with Gasteiger partial charge >= 0.3 is 12.0 Å². The Hall–Kier alpha value is -2.28. The number of primary amides is 1. The van der Waals surface area contributed by atoms with Crippen LogP contribution < -0.4 is 16.4 Å².